The van der Waals surface area contributed by atoms with Gasteiger partial charge in [-0.2, -0.15) is 4.98 Å². The molecule has 1 saturated heterocycles. The first-order chi connectivity index (χ1) is 17.7. The normalized spacial score (nSPS) is 13.8. The number of benzene rings is 2. The minimum atomic E-state index is -0.442. The zero-order chi connectivity index (χ0) is 26.3. The summed E-state index contributed by atoms with van der Waals surface area (Å²) >= 11 is 12.1. The molecule has 12 heteroatoms. The molecule has 0 saturated carbocycles. The average molecular weight is 542 g/mol. The molecule has 1 fully saturated rings. The molecule has 192 valence electrons. The molecule has 0 radical (unpaired) electrons. The molecule has 1 aliphatic heterocycles. The van der Waals surface area contributed by atoms with Crippen molar-refractivity contribution in [1.82, 2.24) is 23.6 Å². The number of nitrogens with zero attached hydrogens (tertiary/aromatic N) is 6. The van der Waals surface area contributed by atoms with Crippen molar-refractivity contribution in [3.05, 3.63) is 85.0 Å². The van der Waals surface area contributed by atoms with Gasteiger partial charge in [0.1, 0.15) is 0 Å². The molecule has 2 aromatic heterocycles. The fourth-order valence-corrected chi connectivity index (χ4v) is 4.79. The number of aryl methyl sites for hydroxylation is 1. The standard InChI is InChI=1S/C25H25Cl2N7O3/c1-30-21-20(22(35)31(2)25(30)37)34(15-16-6-8-17(26)9-7-16)23(29-21)32-10-12-33(13-11-32)24(36)28-19-5-3-4-18(27)14-19/h3-9,14H,10-13,15H2,1-2H3,(H,28,36). The topological polar surface area (TPSA) is 97.4 Å². The van der Waals surface area contributed by atoms with Crippen molar-refractivity contribution in [2.45, 2.75) is 6.54 Å². The number of piperazine rings is 1. The molecule has 0 bridgehead atoms. The summed E-state index contributed by atoms with van der Waals surface area (Å²) in [5.41, 5.74) is 1.36. The first-order valence-electron chi connectivity index (χ1n) is 11.7. The number of anilines is 2. The van der Waals surface area contributed by atoms with Crippen LogP contribution >= 0.6 is 23.2 Å². The minimum Gasteiger partial charge on any atom is -0.339 e. The molecule has 2 aromatic carbocycles. The minimum absolute atomic E-state index is 0.215. The number of fused-ring (bicyclic) bond motifs is 1. The maximum absolute atomic E-state index is 13.2. The Morgan fingerprint density at radius 1 is 0.946 bits per heavy atom. The summed E-state index contributed by atoms with van der Waals surface area (Å²) in [6.07, 6.45) is 0. The third-order valence-corrected chi connectivity index (χ3v) is 6.99. The molecule has 0 atom stereocenters. The SMILES string of the molecule is Cn1c(=O)c2c(nc(N3CCN(C(=O)Nc4cccc(Cl)c4)CC3)n2Cc2ccc(Cl)cc2)n(C)c1=O. The van der Waals surface area contributed by atoms with Gasteiger partial charge in [-0.15, -0.1) is 0 Å². The number of carbonyl (C=O) groups excluding carboxylic acids is 1. The summed E-state index contributed by atoms with van der Waals surface area (Å²) in [6.45, 7) is 2.27. The van der Waals surface area contributed by atoms with Gasteiger partial charge in [0, 0.05) is 56.0 Å². The summed E-state index contributed by atoms with van der Waals surface area (Å²) in [6, 6.07) is 14.2. The lowest BCUT2D eigenvalue weighted by Gasteiger charge is -2.35. The van der Waals surface area contributed by atoms with Crippen LogP contribution in [0, 0.1) is 0 Å². The van der Waals surface area contributed by atoms with Gasteiger partial charge < -0.3 is 15.1 Å². The molecule has 2 amide bonds. The van der Waals surface area contributed by atoms with Crippen LogP contribution in [0.25, 0.3) is 11.2 Å². The number of hydrogen-bond acceptors (Lipinski definition) is 5. The van der Waals surface area contributed by atoms with Crippen LogP contribution in [0.3, 0.4) is 0 Å². The molecule has 0 unspecified atom stereocenters. The molecule has 37 heavy (non-hydrogen) atoms. The second kappa shape index (κ2) is 9.95. The Balaban J connectivity index is 1.45. The van der Waals surface area contributed by atoms with E-state index in [0.29, 0.717) is 65.6 Å². The lowest BCUT2D eigenvalue weighted by Crippen LogP contribution is -2.50. The van der Waals surface area contributed by atoms with E-state index < -0.39 is 11.2 Å². The van der Waals surface area contributed by atoms with Gasteiger partial charge in [0.05, 0.1) is 6.54 Å². The van der Waals surface area contributed by atoms with Crippen molar-refractivity contribution in [2.75, 3.05) is 36.4 Å². The van der Waals surface area contributed by atoms with Crippen LogP contribution in [0.2, 0.25) is 10.0 Å². The number of amides is 2. The van der Waals surface area contributed by atoms with Gasteiger partial charge in [-0.05, 0) is 35.9 Å². The van der Waals surface area contributed by atoms with Crippen LogP contribution in [0.5, 0.6) is 0 Å². The Bertz CT molecular complexity index is 1600. The van der Waals surface area contributed by atoms with E-state index in [9.17, 15) is 14.4 Å². The predicted molar refractivity (Wildman–Crippen MR) is 145 cm³/mol. The van der Waals surface area contributed by atoms with Crippen molar-refractivity contribution in [1.29, 1.82) is 0 Å². The lowest BCUT2D eigenvalue weighted by molar-refractivity contribution is 0.208. The maximum Gasteiger partial charge on any atom is 0.332 e. The first kappa shape index (κ1) is 24.9. The number of hydrogen-bond donors (Lipinski definition) is 1. The van der Waals surface area contributed by atoms with Crippen molar-refractivity contribution < 1.29 is 4.79 Å². The highest BCUT2D eigenvalue weighted by Crippen LogP contribution is 2.24. The van der Waals surface area contributed by atoms with Crippen LogP contribution < -0.4 is 21.5 Å². The summed E-state index contributed by atoms with van der Waals surface area (Å²) in [7, 11) is 3.06. The number of aromatic nitrogens is 4. The highest BCUT2D eigenvalue weighted by atomic mass is 35.5. The van der Waals surface area contributed by atoms with E-state index in [-0.39, 0.29) is 6.03 Å². The van der Waals surface area contributed by atoms with Crippen molar-refractivity contribution in [2.24, 2.45) is 14.1 Å². The fourth-order valence-electron chi connectivity index (χ4n) is 4.48. The molecule has 4 aromatic rings. The summed E-state index contributed by atoms with van der Waals surface area (Å²) in [5.74, 6) is 0.568. The third-order valence-electron chi connectivity index (χ3n) is 6.51. The molecular formula is C25H25Cl2N7O3. The highest BCUT2D eigenvalue weighted by molar-refractivity contribution is 6.31. The Labute approximate surface area is 222 Å². The van der Waals surface area contributed by atoms with Gasteiger partial charge in [-0.25, -0.2) is 9.59 Å². The molecule has 1 aliphatic rings. The smallest absolute Gasteiger partial charge is 0.332 e. The molecule has 5 rings (SSSR count). The summed E-state index contributed by atoms with van der Waals surface area (Å²) in [4.78, 5) is 47.0. The Morgan fingerprint density at radius 3 is 2.32 bits per heavy atom. The van der Waals surface area contributed by atoms with Gasteiger partial charge >= 0.3 is 11.7 Å². The average Bonchev–Trinajstić information content (AvgIpc) is 3.27. The first-order valence-corrected chi connectivity index (χ1v) is 12.5. The van der Waals surface area contributed by atoms with E-state index in [2.05, 4.69) is 5.32 Å². The predicted octanol–water partition coefficient (Wildman–Crippen LogP) is 3.14. The van der Waals surface area contributed by atoms with Crippen molar-refractivity contribution in [3.8, 4) is 0 Å². The molecular weight excluding hydrogens is 517 g/mol. The maximum atomic E-state index is 13.2. The Morgan fingerprint density at radius 2 is 1.65 bits per heavy atom. The Hall–Kier alpha value is -3.76. The second-order valence-electron chi connectivity index (χ2n) is 8.92. The van der Waals surface area contributed by atoms with Crippen molar-refractivity contribution >= 4 is 52.0 Å². The van der Waals surface area contributed by atoms with Crippen LogP contribution in [-0.4, -0.2) is 55.8 Å². The monoisotopic (exact) mass is 541 g/mol. The molecule has 10 nitrogen and oxygen atoms in total. The number of urea groups is 1. The molecule has 0 aliphatic carbocycles. The summed E-state index contributed by atoms with van der Waals surface area (Å²) in [5, 5.41) is 4.03. The fraction of sp³-hybridized carbons (Fsp3) is 0.280. The number of nitrogens with one attached hydrogen (secondary N) is 1. The Kier molecular flexibility index (Phi) is 6.70. The molecule has 3 heterocycles. The van der Waals surface area contributed by atoms with Gasteiger partial charge in [0.15, 0.2) is 11.2 Å². The second-order valence-corrected chi connectivity index (χ2v) is 9.79. The summed E-state index contributed by atoms with van der Waals surface area (Å²) < 4.78 is 4.31. The highest BCUT2D eigenvalue weighted by Gasteiger charge is 2.27. The van der Waals surface area contributed by atoms with Crippen LogP contribution in [0.15, 0.2) is 58.1 Å². The number of imidazole rings is 1. The zero-order valence-electron chi connectivity index (χ0n) is 20.3. The number of carbonyl (C=O) groups is 1. The zero-order valence-corrected chi connectivity index (χ0v) is 21.8. The van der Waals surface area contributed by atoms with E-state index in [1.165, 1.54) is 11.6 Å². The van der Waals surface area contributed by atoms with Crippen molar-refractivity contribution in [3.63, 3.8) is 0 Å². The quantitative estimate of drug-likeness (QED) is 0.428. The van der Waals surface area contributed by atoms with Gasteiger partial charge in [0.2, 0.25) is 5.95 Å². The van der Waals surface area contributed by atoms with Gasteiger partial charge in [-0.1, -0.05) is 41.4 Å². The third kappa shape index (κ3) is 4.82. The van der Waals surface area contributed by atoms with E-state index in [1.54, 1.807) is 48.3 Å². The molecule has 0 spiro atoms. The van der Waals surface area contributed by atoms with E-state index in [0.717, 1.165) is 10.1 Å². The molecule has 1 N–H and O–H groups in total. The van der Waals surface area contributed by atoms with Gasteiger partial charge in [0.25, 0.3) is 5.56 Å². The van der Waals surface area contributed by atoms with Gasteiger partial charge in [-0.3, -0.25) is 18.5 Å². The lowest BCUT2D eigenvalue weighted by atomic mass is 10.2. The largest absolute Gasteiger partial charge is 0.339 e. The number of halogens is 2. The van der Waals surface area contributed by atoms with Crippen LogP contribution in [0.1, 0.15) is 5.56 Å². The van der Waals surface area contributed by atoms with Crippen LogP contribution in [0.4, 0.5) is 16.4 Å². The van der Waals surface area contributed by atoms with Crippen LogP contribution in [-0.2, 0) is 20.6 Å². The van der Waals surface area contributed by atoms with E-state index in [4.69, 9.17) is 28.2 Å². The van der Waals surface area contributed by atoms with E-state index in [1.807, 2.05) is 21.6 Å². The van der Waals surface area contributed by atoms with E-state index >= 15 is 0 Å². The number of rotatable bonds is 4.